The molecule has 2 aliphatic rings. The minimum absolute atomic E-state index is 0.265. The smallest absolute Gasteiger partial charge is 0.140 e. The average Bonchev–Trinajstić information content (AvgIpc) is 3.20. The van der Waals surface area contributed by atoms with E-state index in [4.69, 9.17) is 4.98 Å². The Morgan fingerprint density at radius 1 is 1.11 bits per heavy atom. The number of nitrogens with one attached hydrogen (secondary N) is 1. The molecule has 6 heteroatoms. The Morgan fingerprint density at radius 3 is 2.82 bits per heavy atom. The summed E-state index contributed by atoms with van der Waals surface area (Å²) in [6, 6.07) is 7.47. The Labute approximate surface area is 164 Å². The highest BCUT2D eigenvalue weighted by Crippen LogP contribution is 2.34. The maximum absolute atomic E-state index is 13.9. The molecule has 0 radical (unpaired) electrons. The van der Waals surface area contributed by atoms with Crippen LogP contribution in [-0.2, 0) is 6.54 Å². The number of pyridine rings is 1. The first-order valence-corrected chi connectivity index (χ1v) is 10.1. The van der Waals surface area contributed by atoms with Gasteiger partial charge in [-0.2, -0.15) is 0 Å². The highest BCUT2D eigenvalue weighted by molar-refractivity contribution is 5.89. The molecule has 0 amide bonds. The van der Waals surface area contributed by atoms with E-state index in [-0.39, 0.29) is 11.7 Å². The lowest BCUT2D eigenvalue weighted by atomic mass is 9.95. The van der Waals surface area contributed by atoms with Gasteiger partial charge in [-0.1, -0.05) is 19.8 Å². The number of halogens is 1. The van der Waals surface area contributed by atoms with Crippen LogP contribution in [-0.4, -0.2) is 27.5 Å². The zero-order valence-corrected chi connectivity index (χ0v) is 16.0. The summed E-state index contributed by atoms with van der Waals surface area (Å²) >= 11 is 0. The largest absolute Gasteiger partial charge is 0.381 e. The fourth-order valence-electron chi connectivity index (χ4n) is 4.59. The minimum Gasteiger partial charge on any atom is -0.381 e. The molecule has 5 rings (SSSR count). The molecule has 3 heterocycles. The van der Waals surface area contributed by atoms with Crippen molar-refractivity contribution in [1.82, 2.24) is 15.0 Å². The molecular formula is C22H24FN5. The summed E-state index contributed by atoms with van der Waals surface area (Å²) in [6.07, 6.45) is 8.61. The van der Waals surface area contributed by atoms with Crippen molar-refractivity contribution in [3.63, 3.8) is 0 Å². The molecule has 0 bridgehead atoms. The number of nitrogens with zero attached hydrogens (tertiary/aromatic N) is 4. The van der Waals surface area contributed by atoms with E-state index in [2.05, 4.69) is 33.2 Å². The molecule has 144 valence electrons. The van der Waals surface area contributed by atoms with Crippen molar-refractivity contribution in [3.8, 4) is 0 Å². The molecule has 1 aromatic carbocycles. The summed E-state index contributed by atoms with van der Waals surface area (Å²) in [5.41, 5.74) is 4.22. The molecule has 1 saturated carbocycles. The van der Waals surface area contributed by atoms with Crippen molar-refractivity contribution in [3.05, 3.63) is 53.9 Å². The van der Waals surface area contributed by atoms with Gasteiger partial charge in [-0.15, -0.1) is 0 Å². The van der Waals surface area contributed by atoms with E-state index >= 15 is 0 Å². The Kier molecular flexibility index (Phi) is 4.34. The van der Waals surface area contributed by atoms with E-state index < -0.39 is 0 Å². The first-order valence-electron chi connectivity index (χ1n) is 10.1. The van der Waals surface area contributed by atoms with Crippen LogP contribution in [0.25, 0.3) is 10.9 Å². The molecule has 1 aliphatic heterocycles. The van der Waals surface area contributed by atoms with Gasteiger partial charge in [0.05, 0.1) is 23.1 Å². The van der Waals surface area contributed by atoms with Gasteiger partial charge in [-0.3, -0.25) is 4.98 Å². The van der Waals surface area contributed by atoms with Gasteiger partial charge in [-0.25, -0.2) is 14.4 Å². The highest BCUT2D eigenvalue weighted by Gasteiger charge is 2.26. The maximum Gasteiger partial charge on any atom is 0.140 e. The zero-order chi connectivity index (χ0) is 19.1. The average molecular weight is 377 g/mol. The van der Waals surface area contributed by atoms with Gasteiger partial charge in [0.25, 0.3) is 0 Å². The van der Waals surface area contributed by atoms with Crippen molar-refractivity contribution in [2.45, 2.75) is 51.1 Å². The van der Waals surface area contributed by atoms with Crippen molar-refractivity contribution < 1.29 is 4.39 Å². The van der Waals surface area contributed by atoms with E-state index in [1.54, 1.807) is 12.4 Å². The highest BCUT2D eigenvalue weighted by atomic mass is 19.1. The molecule has 2 aromatic heterocycles. The van der Waals surface area contributed by atoms with Crippen LogP contribution in [0, 0.1) is 5.82 Å². The standard InChI is InChI=1S/C22H24FN5/c1-14-11-28(22-19-9-16(23)6-7-20(19)25-13-26-22)12-15-8-18(10-24-21(14)15)27-17-4-2-3-5-17/h6-10,13-14,17,27H,2-5,11-12H2,1H3. The third-order valence-electron chi connectivity index (χ3n) is 5.93. The molecule has 1 fully saturated rings. The number of fused-ring (bicyclic) bond motifs is 2. The molecular weight excluding hydrogens is 353 g/mol. The van der Waals surface area contributed by atoms with Crippen molar-refractivity contribution in [2.24, 2.45) is 0 Å². The van der Waals surface area contributed by atoms with Gasteiger partial charge < -0.3 is 10.2 Å². The topological polar surface area (TPSA) is 53.9 Å². The van der Waals surface area contributed by atoms with Crippen LogP contribution in [0.5, 0.6) is 0 Å². The first-order chi connectivity index (χ1) is 13.7. The second kappa shape index (κ2) is 7.00. The van der Waals surface area contributed by atoms with Crippen molar-refractivity contribution >= 4 is 22.4 Å². The monoisotopic (exact) mass is 377 g/mol. The third-order valence-corrected chi connectivity index (χ3v) is 5.93. The number of aromatic nitrogens is 3. The molecule has 1 aliphatic carbocycles. The second-order valence-electron chi connectivity index (χ2n) is 8.03. The lowest BCUT2D eigenvalue weighted by Gasteiger charge is -2.34. The fraction of sp³-hybridized carbons (Fsp3) is 0.409. The van der Waals surface area contributed by atoms with Crippen molar-refractivity contribution in [2.75, 3.05) is 16.8 Å². The van der Waals surface area contributed by atoms with Gasteiger partial charge in [-0.05, 0) is 42.7 Å². The van der Waals surface area contributed by atoms with E-state index in [1.807, 2.05) is 6.20 Å². The fourth-order valence-corrected chi connectivity index (χ4v) is 4.59. The summed E-state index contributed by atoms with van der Waals surface area (Å²) in [5.74, 6) is 0.803. The Morgan fingerprint density at radius 2 is 1.96 bits per heavy atom. The summed E-state index contributed by atoms with van der Waals surface area (Å²) in [4.78, 5) is 15.8. The van der Waals surface area contributed by atoms with Crippen LogP contribution < -0.4 is 10.2 Å². The normalized spacial score (nSPS) is 19.8. The number of benzene rings is 1. The summed E-state index contributed by atoms with van der Waals surface area (Å²) in [6.45, 7) is 3.71. The predicted octanol–water partition coefficient (Wildman–Crippen LogP) is 4.64. The van der Waals surface area contributed by atoms with Crippen LogP contribution in [0.1, 0.15) is 49.8 Å². The Balaban J connectivity index is 1.48. The van der Waals surface area contributed by atoms with Crippen LogP contribution in [0.2, 0.25) is 0 Å². The predicted molar refractivity (Wildman–Crippen MR) is 109 cm³/mol. The third kappa shape index (κ3) is 3.17. The first kappa shape index (κ1) is 17.3. The van der Waals surface area contributed by atoms with Gasteiger partial charge in [0.1, 0.15) is 18.0 Å². The minimum atomic E-state index is -0.265. The maximum atomic E-state index is 13.9. The number of rotatable bonds is 3. The lowest BCUT2D eigenvalue weighted by molar-refractivity contribution is 0.615. The number of hydrogen-bond donors (Lipinski definition) is 1. The van der Waals surface area contributed by atoms with Crippen LogP contribution >= 0.6 is 0 Å². The molecule has 3 aromatic rings. The zero-order valence-electron chi connectivity index (χ0n) is 16.0. The SMILES string of the molecule is CC1CN(c2ncnc3ccc(F)cc23)Cc2cc(NC3CCCC3)cnc21. The van der Waals surface area contributed by atoms with Gasteiger partial charge in [0, 0.05) is 30.4 Å². The summed E-state index contributed by atoms with van der Waals surface area (Å²) < 4.78 is 13.9. The van der Waals surface area contributed by atoms with Gasteiger partial charge in [0.15, 0.2) is 0 Å². The van der Waals surface area contributed by atoms with Crippen LogP contribution in [0.4, 0.5) is 15.9 Å². The van der Waals surface area contributed by atoms with E-state index in [1.165, 1.54) is 43.4 Å². The van der Waals surface area contributed by atoms with Crippen molar-refractivity contribution in [1.29, 1.82) is 0 Å². The van der Waals surface area contributed by atoms with Gasteiger partial charge in [0.2, 0.25) is 0 Å². The summed E-state index contributed by atoms with van der Waals surface area (Å²) in [5, 5.41) is 4.40. The number of anilines is 2. The molecule has 1 atom stereocenters. The molecule has 28 heavy (non-hydrogen) atoms. The molecule has 1 unspecified atom stereocenters. The molecule has 0 spiro atoms. The Bertz CT molecular complexity index is 1010. The van der Waals surface area contributed by atoms with Gasteiger partial charge >= 0.3 is 0 Å². The van der Waals surface area contributed by atoms with Crippen LogP contribution in [0.15, 0.2) is 36.8 Å². The quantitative estimate of drug-likeness (QED) is 0.720. The lowest BCUT2D eigenvalue weighted by Crippen LogP contribution is -2.34. The second-order valence-corrected chi connectivity index (χ2v) is 8.03. The Hall–Kier alpha value is -2.76. The number of hydrogen-bond acceptors (Lipinski definition) is 5. The van der Waals surface area contributed by atoms with E-state index in [0.717, 1.165) is 41.2 Å². The molecule has 5 nitrogen and oxygen atoms in total. The summed E-state index contributed by atoms with van der Waals surface area (Å²) in [7, 11) is 0. The van der Waals surface area contributed by atoms with E-state index in [9.17, 15) is 4.39 Å². The van der Waals surface area contributed by atoms with Crippen LogP contribution in [0.3, 0.4) is 0 Å². The molecule has 0 saturated heterocycles. The van der Waals surface area contributed by atoms with E-state index in [0.29, 0.717) is 6.04 Å². The molecule has 1 N–H and O–H groups in total.